The summed E-state index contributed by atoms with van der Waals surface area (Å²) in [6.45, 7) is 2.96. The third-order valence-electron chi connectivity index (χ3n) is 14.2. The summed E-state index contributed by atoms with van der Waals surface area (Å²) < 4.78 is 5.95. The van der Waals surface area contributed by atoms with Crippen LogP contribution in [0.5, 0.6) is 0 Å². The first-order chi connectivity index (χ1) is 32.8. The van der Waals surface area contributed by atoms with Crippen LogP contribution in [0, 0.1) is 11.8 Å². The second kappa shape index (κ2) is 21.6. The maximum absolute atomic E-state index is 12.9. The molecule has 4 aromatic heterocycles. The molecular weight excluding hydrogens is 1160 g/mol. The van der Waals surface area contributed by atoms with Crippen LogP contribution in [0.25, 0.3) is 0 Å². The first kappa shape index (κ1) is 49.1. The quantitative estimate of drug-likeness (QED) is 0.127. The smallest absolute Gasteiger partial charge is 0.226 e. The van der Waals surface area contributed by atoms with Gasteiger partial charge in [-0.2, -0.15) is 0 Å². The minimum absolute atomic E-state index is 0.132. The maximum atomic E-state index is 12.9. The molecule has 6 aromatic rings. The lowest BCUT2D eigenvalue weighted by Gasteiger charge is -2.37. The van der Waals surface area contributed by atoms with Crippen molar-refractivity contribution in [2.45, 2.75) is 76.0 Å². The molecule has 2 amide bonds. The van der Waals surface area contributed by atoms with Crippen molar-refractivity contribution in [2.24, 2.45) is 11.8 Å². The summed E-state index contributed by atoms with van der Waals surface area (Å²) in [4.78, 5) is 39.6. The summed E-state index contributed by atoms with van der Waals surface area (Å²) in [7, 11) is 0. The molecule has 0 radical (unpaired) electrons. The van der Waals surface area contributed by atoms with Crippen molar-refractivity contribution < 1.29 is 29.5 Å². The number of amides is 2. The minimum Gasteiger partial charge on any atom is -0.342 e. The van der Waals surface area contributed by atoms with Gasteiger partial charge in [0.25, 0.3) is 0 Å². The zero-order valence-corrected chi connectivity index (χ0v) is 45.0. The SMILES string of the molecule is O=C(Cc1cc[n+](O)cc1)N1CCC(C2c3ccc(Cl)c(Br)c3CCc3cc(Br)cnc32)CC1.O=C(Cc1cc[n+](O)cc1)N1CCC([C@H]2c3ccc(Cl)c(Br)c3CCc3cc(Br)cnc32)CC1. The average molecular weight is 1210 g/mol. The molecule has 1 unspecified atom stereocenters. The number of hydrogen-bond acceptors (Lipinski definition) is 6. The molecule has 4 aliphatic rings. The Hall–Kier alpha value is -3.92. The van der Waals surface area contributed by atoms with E-state index in [4.69, 9.17) is 33.2 Å². The predicted octanol–water partition coefficient (Wildman–Crippen LogP) is 11.0. The topological polar surface area (TPSA) is 115 Å². The Kier molecular flexibility index (Phi) is 15.6. The zero-order valence-electron chi connectivity index (χ0n) is 37.1. The molecule has 352 valence electrons. The van der Waals surface area contributed by atoms with Gasteiger partial charge in [-0.1, -0.05) is 35.3 Å². The molecule has 68 heavy (non-hydrogen) atoms. The van der Waals surface area contributed by atoms with Gasteiger partial charge in [-0.25, -0.2) is 0 Å². The Morgan fingerprint density at radius 3 is 1.31 bits per heavy atom. The van der Waals surface area contributed by atoms with Crippen LogP contribution in [0.15, 0.2) is 116 Å². The molecule has 6 heterocycles. The predicted molar refractivity (Wildman–Crippen MR) is 274 cm³/mol. The molecule has 2 aliphatic carbocycles. The first-order valence-electron chi connectivity index (χ1n) is 23.0. The van der Waals surface area contributed by atoms with Crippen molar-refractivity contribution in [3.63, 3.8) is 0 Å². The fraction of sp³-hybridized carbons (Fsp3) is 0.346. The van der Waals surface area contributed by atoms with Crippen LogP contribution < -0.4 is 9.46 Å². The third-order valence-corrected chi connectivity index (χ3v) is 17.9. The number of rotatable bonds is 6. The molecular formula is C52H50Br4Cl2N6O4+2. The molecule has 2 saturated heterocycles. The molecule has 0 bridgehead atoms. The lowest BCUT2D eigenvalue weighted by Crippen LogP contribution is -2.41. The van der Waals surface area contributed by atoms with Gasteiger partial charge in [0.05, 0.1) is 34.3 Å². The Labute approximate surface area is 440 Å². The van der Waals surface area contributed by atoms with Crippen molar-refractivity contribution in [3.8, 4) is 0 Å². The van der Waals surface area contributed by atoms with Crippen LogP contribution in [0.1, 0.15) is 93.4 Å². The van der Waals surface area contributed by atoms with Gasteiger partial charge in [0.2, 0.25) is 36.6 Å². The van der Waals surface area contributed by atoms with E-state index in [1.807, 2.05) is 34.3 Å². The number of hydrogen-bond donors (Lipinski definition) is 2. The molecule has 2 fully saturated rings. The normalized spacial score (nSPS) is 18.2. The molecule has 0 saturated carbocycles. The standard InChI is InChI=1S/2C26H25Br2ClN3O2/c2*27-19-14-18-1-2-21-20(3-4-22(29)25(21)28)24(26(18)30-15-19)17-7-9-31(10-8-17)23(33)13-16-5-11-32(34)12-6-16/h2*3-6,11-12,14-15,17,24,34H,1-2,7-10,13H2/q2*+1/t24-;/m0./s1. The van der Waals surface area contributed by atoms with Gasteiger partial charge >= 0.3 is 0 Å². The number of nitrogens with zero attached hydrogens (tertiary/aromatic N) is 6. The monoisotopic (exact) mass is 1210 g/mol. The van der Waals surface area contributed by atoms with E-state index in [2.05, 4.69) is 88.0 Å². The number of fused-ring (bicyclic) bond motifs is 4. The van der Waals surface area contributed by atoms with Crippen LogP contribution in [-0.4, -0.2) is 68.2 Å². The minimum atomic E-state index is 0.132. The number of halogens is 6. The number of aryl methyl sites for hydroxylation is 2. The van der Waals surface area contributed by atoms with E-state index in [0.29, 0.717) is 24.7 Å². The number of aromatic nitrogens is 4. The highest BCUT2D eigenvalue weighted by molar-refractivity contribution is 9.11. The summed E-state index contributed by atoms with van der Waals surface area (Å²) in [6, 6.07) is 19.8. The van der Waals surface area contributed by atoms with Crippen molar-refractivity contribution in [3.05, 3.63) is 182 Å². The molecule has 16 heteroatoms. The Balaban J connectivity index is 0.000000170. The van der Waals surface area contributed by atoms with E-state index in [-0.39, 0.29) is 23.7 Å². The van der Waals surface area contributed by atoms with E-state index >= 15 is 0 Å². The summed E-state index contributed by atoms with van der Waals surface area (Å²) in [5, 5.41) is 20.3. The van der Waals surface area contributed by atoms with Gasteiger partial charge in [-0.3, -0.25) is 30.0 Å². The molecule has 2 N–H and O–H groups in total. The zero-order chi connectivity index (χ0) is 47.6. The summed E-state index contributed by atoms with van der Waals surface area (Å²) >= 11 is 27.6. The van der Waals surface area contributed by atoms with Crippen LogP contribution in [0.3, 0.4) is 0 Å². The maximum Gasteiger partial charge on any atom is 0.226 e. The fourth-order valence-electron chi connectivity index (χ4n) is 10.7. The summed E-state index contributed by atoms with van der Waals surface area (Å²) in [5.41, 5.74) is 11.8. The van der Waals surface area contributed by atoms with E-state index in [0.717, 1.165) is 137 Å². The number of carbonyl (C=O) groups excluding carboxylic acids is 2. The molecule has 10 nitrogen and oxygen atoms in total. The number of pyridine rings is 4. The van der Waals surface area contributed by atoms with Crippen molar-refractivity contribution in [2.75, 3.05) is 26.2 Å². The lowest BCUT2D eigenvalue weighted by molar-refractivity contribution is -0.904. The molecule has 0 spiro atoms. The number of benzene rings is 2. The number of carbonyl (C=O) groups is 2. The van der Waals surface area contributed by atoms with E-state index in [9.17, 15) is 20.0 Å². The molecule has 2 atom stereocenters. The Morgan fingerprint density at radius 1 is 0.574 bits per heavy atom. The van der Waals surface area contributed by atoms with Gasteiger partial charge in [0, 0.05) is 102 Å². The van der Waals surface area contributed by atoms with Gasteiger partial charge in [0.1, 0.15) is 0 Å². The van der Waals surface area contributed by atoms with Crippen LogP contribution in [-0.2, 0) is 48.1 Å². The van der Waals surface area contributed by atoms with E-state index in [1.54, 1.807) is 49.1 Å². The highest BCUT2D eigenvalue weighted by Gasteiger charge is 2.38. The highest BCUT2D eigenvalue weighted by atomic mass is 79.9. The highest BCUT2D eigenvalue weighted by Crippen LogP contribution is 2.47. The second-order valence-electron chi connectivity index (χ2n) is 18.2. The van der Waals surface area contributed by atoms with E-state index in [1.165, 1.54) is 33.4 Å². The summed E-state index contributed by atoms with van der Waals surface area (Å²) in [5.74, 6) is 1.42. The van der Waals surface area contributed by atoms with Gasteiger partial charge < -0.3 is 9.80 Å². The Morgan fingerprint density at radius 2 is 0.941 bits per heavy atom. The van der Waals surface area contributed by atoms with Gasteiger partial charge in [-0.05, 0) is 196 Å². The first-order valence-corrected chi connectivity index (χ1v) is 26.9. The van der Waals surface area contributed by atoms with Crippen LogP contribution in [0.2, 0.25) is 10.0 Å². The lowest BCUT2D eigenvalue weighted by atomic mass is 9.76. The van der Waals surface area contributed by atoms with Gasteiger partial charge in [0.15, 0.2) is 0 Å². The molecule has 10 rings (SSSR count). The van der Waals surface area contributed by atoms with E-state index < -0.39 is 0 Å². The summed E-state index contributed by atoms with van der Waals surface area (Å²) in [6.07, 6.45) is 18.1. The largest absolute Gasteiger partial charge is 0.342 e. The van der Waals surface area contributed by atoms with Crippen LogP contribution >= 0.6 is 86.9 Å². The average Bonchev–Trinajstić information content (AvgIpc) is 3.61. The number of piperidine rings is 2. The van der Waals surface area contributed by atoms with Crippen molar-refractivity contribution in [1.82, 2.24) is 19.8 Å². The van der Waals surface area contributed by atoms with Crippen LogP contribution in [0.4, 0.5) is 0 Å². The van der Waals surface area contributed by atoms with Gasteiger partial charge in [-0.15, -0.1) is 0 Å². The third kappa shape index (κ3) is 10.9. The second-order valence-corrected chi connectivity index (χ2v) is 22.4. The van der Waals surface area contributed by atoms with Crippen molar-refractivity contribution in [1.29, 1.82) is 0 Å². The molecule has 2 aliphatic heterocycles. The number of likely N-dealkylation sites (tertiary alicyclic amines) is 2. The Bertz CT molecular complexity index is 2650. The fourth-order valence-corrected chi connectivity index (χ4v) is 12.9. The molecule has 2 aromatic carbocycles. The van der Waals surface area contributed by atoms with Crippen molar-refractivity contribution >= 4 is 98.7 Å².